The smallest absolute Gasteiger partial charge is 0.322 e. The quantitative estimate of drug-likeness (QED) is 0.542. The van der Waals surface area contributed by atoms with E-state index in [-0.39, 0.29) is 6.42 Å². The summed E-state index contributed by atoms with van der Waals surface area (Å²) in [6, 6.07) is 2.54. The number of carboxylic acids is 1. The molecule has 0 rings (SSSR count). The number of hydrogen-bond acceptors (Lipinski definition) is 1. The predicted octanol–water partition coefficient (Wildman–Crippen LogP) is 4.71. The van der Waals surface area contributed by atoms with E-state index in [9.17, 15) is 4.79 Å². The van der Waals surface area contributed by atoms with E-state index in [1.165, 1.54) is 57.8 Å². The summed E-state index contributed by atoms with van der Waals surface area (Å²) in [5, 5.41) is 8.37. The Morgan fingerprint density at radius 3 is 1.94 bits per heavy atom. The van der Waals surface area contributed by atoms with Crippen molar-refractivity contribution in [2.24, 2.45) is 0 Å². The van der Waals surface area contributed by atoms with Crippen molar-refractivity contribution in [1.82, 2.24) is 0 Å². The van der Waals surface area contributed by atoms with Crippen molar-refractivity contribution in [2.75, 3.05) is 6.54 Å². The maximum absolute atomic E-state index is 10.2. The third-order valence-corrected chi connectivity index (χ3v) is 2.97. The van der Waals surface area contributed by atoms with Crippen LogP contribution in [0.1, 0.15) is 77.6 Å². The van der Waals surface area contributed by atoms with Crippen molar-refractivity contribution in [3.05, 3.63) is 4.85 Å². The second-order valence-electron chi connectivity index (χ2n) is 4.79. The first-order valence-electron chi connectivity index (χ1n) is 7.38. The lowest BCUT2D eigenvalue weighted by Gasteiger charge is -1.99. The van der Waals surface area contributed by atoms with Crippen LogP contribution in [0, 0.1) is 6.07 Å². The van der Waals surface area contributed by atoms with E-state index >= 15 is 0 Å². The van der Waals surface area contributed by atoms with Gasteiger partial charge in [-0.05, 0) is 6.42 Å². The summed E-state index contributed by atoms with van der Waals surface area (Å²) in [5.74, 6) is -0.859. The molecule has 0 spiro atoms. The molecule has 0 bridgehead atoms. The number of carbonyl (C=O) groups is 1. The van der Waals surface area contributed by atoms with Crippen LogP contribution < -0.4 is 0 Å². The lowest BCUT2D eigenvalue weighted by Crippen LogP contribution is -1.90. The van der Waals surface area contributed by atoms with Gasteiger partial charge < -0.3 is 5.11 Å². The molecule has 0 fully saturated rings. The van der Waals surface area contributed by atoms with Crippen LogP contribution >= 0.6 is 0 Å². The standard InChI is InChI=1S/C15H27NO2/c1-2-3-4-5-6-7-8-9-10-11-13-16-14-12-15(17)18/h2-13H2,1H3/p+1. The molecule has 0 aromatic heterocycles. The van der Waals surface area contributed by atoms with Crippen LogP contribution in [0.3, 0.4) is 0 Å². The maximum atomic E-state index is 10.2. The molecule has 0 aliphatic rings. The van der Waals surface area contributed by atoms with Crippen LogP contribution in [0.2, 0.25) is 0 Å². The van der Waals surface area contributed by atoms with E-state index in [1.54, 1.807) is 0 Å². The van der Waals surface area contributed by atoms with Gasteiger partial charge in [0.25, 0.3) is 12.6 Å². The molecule has 0 saturated carbocycles. The van der Waals surface area contributed by atoms with Gasteiger partial charge in [-0.15, -0.1) is 0 Å². The molecule has 3 heteroatoms. The van der Waals surface area contributed by atoms with Gasteiger partial charge in [0.05, 0.1) is 0 Å². The highest BCUT2D eigenvalue weighted by atomic mass is 16.4. The molecule has 104 valence electrons. The predicted molar refractivity (Wildman–Crippen MR) is 76.2 cm³/mol. The molecular weight excluding hydrogens is 226 g/mol. The van der Waals surface area contributed by atoms with E-state index in [0.717, 1.165) is 13.0 Å². The Morgan fingerprint density at radius 1 is 0.944 bits per heavy atom. The third-order valence-electron chi connectivity index (χ3n) is 2.97. The van der Waals surface area contributed by atoms with Crippen LogP contribution in [0.5, 0.6) is 0 Å². The summed E-state index contributed by atoms with van der Waals surface area (Å²) in [5.41, 5.74) is 0. The summed E-state index contributed by atoms with van der Waals surface area (Å²) in [4.78, 5) is 14.1. The summed E-state index contributed by atoms with van der Waals surface area (Å²) in [7, 11) is 0. The zero-order chi connectivity index (χ0) is 13.5. The first-order valence-corrected chi connectivity index (χ1v) is 7.38. The Balaban J connectivity index is 3.06. The van der Waals surface area contributed by atoms with Crippen LogP contribution in [0.4, 0.5) is 0 Å². The van der Waals surface area contributed by atoms with Gasteiger partial charge >= 0.3 is 5.97 Å². The largest absolute Gasteiger partial charge is 0.480 e. The molecule has 18 heavy (non-hydrogen) atoms. The van der Waals surface area contributed by atoms with Crippen LogP contribution in [-0.4, -0.2) is 17.6 Å². The topological polar surface area (TPSA) is 41.7 Å². The first-order chi connectivity index (χ1) is 8.77. The summed E-state index contributed by atoms with van der Waals surface area (Å²) >= 11 is 0. The molecule has 3 nitrogen and oxygen atoms in total. The number of hydrogen-bond donors (Lipinski definition) is 1. The minimum atomic E-state index is -0.859. The van der Waals surface area contributed by atoms with Crippen molar-refractivity contribution in [2.45, 2.75) is 77.6 Å². The van der Waals surface area contributed by atoms with E-state index in [1.807, 2.05) is 0 Å². The molecular formula is C15H28NO2+. The fraction of sp³-hybridized carbons (Fsp3) is 0.867. The molecule has 0 aromatic rings. The Morgan fingerprint density at radius 2 is 1.44 bits per heavy atom. The molecule has 0 aromatic carbocycles. The van der Waals surface area contributed by atoms with Crippen LogP contribution in [0.15, 0.2) is 0 Å². The summed E-state index contributed by atoms with van der Waals surface area (Å²) in [6.07, 6.45) is 13.0. The van der Waals surface area contributed by atoms with Gasteiger partial charge in [0.2, 0.25) is 0 Å². The first kappa shape index (κ1) is 17.0. The van der Waals surface area contributed by atoms with Crippen molar-refractivity contribution >= 4 is 5.97 Å². The van der Waals surface area contributed by atoms with E-state index in [0.29, 0.717) is 0 Å². The van der Waals surface area contributed by atoms with Crippen LogP contribution in [-0.2, 0) is 4.79 Å². The van der Waals surface area contributed by atoms with Gasteiger partial charge in [0.1, 0.15) is 0 Å². The normalized spacial score (nSPS) is 9.83. The zero-order valence-corrected chi connectivity index (χ0v) is 11.8. The maximum Gasteiger partial charge on any atom is 0.322 e. The lowest BCUT2D eigenvalue weighted by atomic mass is 10.1. The molecule has 0 saturated heterocycles. The molecule has 1 N–H and O–H groups in total. The molecule has 0 radical (unpaired) electrons. The molecule has 0 aliphatic heterocycles. The van der Waals surface area contributed by atoms with E-state index in [4.69, 9.17) is 5.11 Å². The Labute approximate surface area is 111 Å². The molecule has 0 aliphatic carbocycles. The van der Waals surface area contributed by atoms with Gasteiger partial charge in [-0.2, -0.15) is 0 Å². The number of unbranched alkanes of at least 4 members (excludes halogenated alkanes) is 9. The number of rotatable bonds is 11. The fourth-order valence-electron chi connectivity index (χ4n) is 1.88. The van der Waals surface area contributed by atoms with Crippen LogP contribution in [0.25, 0.3) is 4.85 Å². The monoisotopic (exact) mass is 254 g/mol. The average Bonchev–Trinajstić information content (AvgIpc) is 2.34. The highest BCUT2D eigenvalue weighted by Crippen LogP contribution is 2.10. The highest BCUT2D eigenvalue weighted by Gasteiger charge is 1.98. The highest BCUT2D eigenvalue weighted by molar-refractivity contribution is 5.69. The molecule has 0 heterocycles. The van der Waals surface area contributed by atoms with Crippen molar-refractivity contribution in [3.63, 3.8) is 0 Å². The van der Waals surface area contributed by atoms with Gasteiger partial charge in [-0.1, -0.05) is 63.1 Å². The minimum absolute atomic E-state index is 0.0717. The lowest BCUT2D eigenvalue weighted by molar-refractivity contribution is -0.135. The number of nitrogens with zero attached hydrogens (tertiary/aromatic N) is 1. The second-order valence-corrected chi connectivity index (χ2v) is 4.79. The van der Waals surface area contributed by atoms with Gasteiger partial charge in [0, 0.05) is 6.42 Å². The average molecular weight is 254 g/mol. The summed E-state index contributed by atoms with van der Waals surface area (Å²) < 4.78 is 0. The van der Waals surface area contributed by atoms with E-state index < -0.39 is 5.97 Å². The van der Waals surface area contributed by atoms with Crippen molar-refractivity contribution in [3.8, 4) is 6.07 Å². The molecule has 0 atom stereocenters. The molecule has 0 unspecified atom stereocenters. The number of aliphatic carboxylic acids is 1. The van der Waals surface area contributed by atoms with Crippen molar-refractivity contribution in [1.29, 1.82) is 0 Å². The SMILES string of the molecule is CCCCCCCCCCCC[N+]#CCC(=O)O. The summed E-state index contributed by atoms with van der Waals surface area (Å²) in [6.45, 7) is 2.97. The van der Waals surface area contributed by atoms with Gasteiger partial charge in [-0.3, -0.25) is 4.79 Å². The van der Waals surface area contributed by atoms with Crippen molar-refractivity contribution < 1.29 is 9.90 Å². The second kappa shape index (κ2) is 14.0. The van der Waals surface area contributed by atoms with E-state index in [2.05, 4.69) is 17.8 Å². The Hall–Kier alpha value is -1.04. The zero-order valence-electron chi connectivity index (χ0n) is 11.8. The Bertz CT molecular complexity index is 253. The third kappa shape index (κ3) is 15.0. The van der Waals surface area contributed by atoms with Gasteiger partial charge in [0.15, 0.2) is 6.42 Å². The van der Waals surface area contributed by atoms with Gasteiger partial charge in [-0.25, -0.2) is 0 Å². The minimum Gasteiger partial charge on any atom is -0.480 e. The Kier molecular flexibility index (Phi) is 13.2. The fourth-order valence-corrected chi connectivity index (χ4v) is 1.88. The molecule has 0 amide bonds. The number of carboxylic acid groups (broad SMARTS) is 1.